The molecular formula is C31H36Br2F3N8NaO9. The van der Waals surface area contributed by atoms with Gasteiger partial charge in [0.25, 0.3) is 0 Å². The summed E-state index contributed by atoms with van der Waals surface area (Å²) in [4.78, 5) is 40.0. The van der Waals surface area contributed by atoms with E-state index in [2.05, 4.69) is 41.9 Å². The first kappa shape index (κ1) is 45.5. The maximum absolute atomic E-state index is 14.3. The van der Waals surface area contributed by atoms with Crippen molar-refractivity contribution in [3.05, 3.63) is 82.4 Å². The number of hydrogen-bond acceptors (Lipinski definition) is 12. The van der Waals surface area contributed by atoms with Crippen LogP contribution in [0.3, 0.4) is 0 Å². The summed E-state index contributed by atoms with van der Waals surface area (Å²) in [6.07, 6.45) is -1.80. The number of carbonyl (C=O) groups excluding carboxylic acids is 2. The fraction of sp³-hybridized carbons (Fsp3) is 0.548. The number of ether oxygens (including phenoxy) is 4. The number of fused-ring (bicyclic) bond motifs is 2. The van der Waals surface area contributed by atoms with E-state index in [1.807, 2.05) is 0 Å². The van der Waals surface area contributed by atoms with Gasteiger partial charge >= 0.3 is 41.5 Å². The number of carbonyl (C=O) groups is 2. The zero-order chi connectivity index (χ0) is 40.3. The fourth-order valence-electron chi connectivity index (χ4n) is 6.64. The minimum Gasteiger partial charge on any atom is -0.495 e. The summed E-state index contributed by atoms with van der Waals surface area (Å²) >= 11 is 6.63. The van der Waals surface area contributed by atoms with Crippen LogP contribution in [-0.2, 0) is 41.8 Å². The Hall–Kier alpha value is -2.85. The minimum atomic E-state index is -1.00. The first-order valence-corrected chi connectivity index (χ1v) is 17.1. The second-order valence-electron chi connectivity index (χ2n) is 11.5. The van der Waals surface area contributed by atoms with E-state index in [1.54, 1.807) is 26.0 Å². The molecule has 0 aliphatic carbocycles. The van der Waals surface area contributed by atoms with Gasteiger partial charge in [0.2, 0.25) is 0 Å². The average Bonchev–Trinajstić information content (AvgIpc) is 3.86. The van der Waals surface area contributed by atoms with E-state index in [4.69, 9.17) is 46.6 Å². The molecule has 0 saturated carbocycles. The van der Waals surface area contributed by atoms with E-state index in [9.17, 15) is 27.9 Å². The molecule has 4 unspecified atom stereocenters. The molecule has 4 aliphatic heterocycles. The van der Waals surface area contributed by atoms with E-state index in [0.29, 0.717) is 20.4 Å². The number of nitrogens with zero attached hydrogens (tertiary/aromatic N) is 8. The zero-order valence-electron chi connectivity index (χ0n) is 30.6. The largest absolute Gasteiger partial charge is 1.00 e. The van der Waals surface area contributed by atoms with Crippen molar-refractivity contribution in [3.63, 3.8) is 0 Å². The molecular weight excluding hydrogens is 868 g/mol. The summed E-state index contributed by atoms with van der Waals surface area (Å²) in [7, 11) is 1.88. The van der Waals surface area contributed by atoms with Gasteiger partial charge in [-0.15, -0.1) is 0 Å². The first-order chi connectivity index (χ1) is 25.8. The number of aliphatic hydroxyl groups is 1. The van der Waals surface area contributed by atoms with Crippen molar-refractivity contribution >= 4 is 43.8 Å². The molecule has 0 aromatic heterocycles. The predicted octanol–water partition coefficient (Wildman–Crippen LogP) is 3.04. The Kier molecular flexibility index (Phi) is 18.6. The van der Waals surface area contributed by atoms with Gasteiger partial charge in [-0.2, -0.15) is 10.1 Å². The SMILES string of the molecule is COc1c(Br)ccc(F)c1CN1O[C@@H](CN=[N+]=[N-])C2C1C(=O)O[C@H]2C.COc1c(Br)ccc(F)c1CN1O[C@@H](CO)C2C1C(=O)O[C@H]2C.[2H]CF.[N-]=[N+]=[N-].[Na+]. The Morgan fingerprint density at radius 1 is 0.870 bits per heavy atom. The van der Waals surface area contributed by atoms with Crippen molar-refractivity contribution in [2.24, 2.45) is 17.0 Å². The molecule has 4 aliphatic rings. The number of esters is 2. The molecule has 2 aromatic carbocycles. The number of hydroxylamine groups is 4. The van der Waals surface area contributed by atoms with Crippen LogP contribution in [0.4, 0.5) is 13.2 Å². The van der Waals surface area contributed by atoms with Crippen molar-refractivity contribution in [2.75, 3.05) is 34.5 Å². The molecule has 0 radical (unpaired) electrons. The minimum absolute atomic E-state index is 0. The Morgan fingerprint density at radius 3 is 1.63 bits per heavy atom. The van der Waals surface area contributed by atoms with Crippen LogP contribution in [-0.4, -0.2) is 98.2 Å². The molecule has 4 heterocycles. The predicted molar refractivity (Wildman–Crippen MR) is 186 cm³/mol. The Labute approximate surface area is 348 Å². The zero-order valence-corrected chi connectivity index (χ0v) is 34.8. The topological polar surface area (TPSA) is 224 Å². The molecule has 23 heteroatoms. The van der Waals surface area contributed by atoms with E-state index in [-0.39, 0.29) is 91.0 Å². The Bertz CT molecular complexity index is 1740. The van der Waals surface area contributed by atoms with Gasteiger partial charge in [0, 0.05) is 16.0 Å². The van der Waals surface area contributed by atoms with Crippen LogP contribution in [0.15, 0.2) is 38.3 Å². The van der Waals surface area contributed by atoms with Crippen molar-refractivity contribution in [1.82, 2.24) is 10.1 Å². The third kappa shape index (κ3) is 10.3. The number of azide groups is 1. The van der Waals surface area contributed by atoms with Crippen molar-refractivity contribution in [3.8, 4) is 11.5 Å². The van der Waals surface area contributed by atoms with Gasteiger partial charge in [0.15, 0.2) is 0 Å². The van der Waals surface area contributed by atoms with Gasteiger partial charge < -0.3 is 35.1 Å². The van der Waals surface area contributed by atoms with E-state index in [1.165, 1.54) is 41.4 Å². The molecule has 0 bridgehead atoms. The average molecular weight is 905 g/mol. The Morgan fingerprint density at radius 2 is 1.26 bits per heavy atom. The smallest absolute Gasteiger partial charge is 0.495 e. The quantitative estimate of drug-likeness (QED) is 0.127. The molecule has 4 fully saturated rings. The number of benzene rings is 2. The van der Waals surface area contributed by atoms with Crippen molar-refractivity contribution in [1.29, 1.82) is 0 Å². The molecule has 6 rings (SSSR count). The molecule has 2 aromatic rings. The van der Waals surface area contributed by atoms with Crippen LogP contribution < -0.4 is 39.0 Å². The Balaban J connectivity index is 0.000000328. The first-order valence-electron chi connectivity index (χ1n) is 16.2. The summed E-state index contributed by atoms with van der Waals surface area (Å²) < 4.78 is 66.3. The number of hydrogen-bond donors (Lipinski definition) is 1. The van der Waals surface area contributed by atoms with E-state index < -0.39 is 55.0 Å². The van der Waals surface area contributed by atoms with Gasteiger partial charge in [-0.05, 0) is 75.5 Å². The molecule has 1 N–H and O–H groups in total. The van der Waals surface area contributed by atoms with Crippen molar-refractivity contribution in [2.45, 2.75) is 63.4 Å². The van der Waals surface area contributed by atoms with E-state index in [0.717, 1.165) is 0 Å². The van der Waals surface area contributed by atoms with Crippen LogP contribution in [0.2, 0.25) is 0 Å². The summed E-state index contributed by atoms with van der Waals surface area (Å²) in [6, 6.07) is 4.37. The molecule has 17 nitrogen and oxygen atoms in total. The summed E-state index contributed by atoms with van der Waals surface area (Å²) in [5.74, 6) is -1.69. The van der Waals surface area contributed by atoms with Gasteiger partial charge in [0.05, 0.1) is 75.9 Å². The molecule has 4 saturated heterocycles. The number of methoxy groups -OCH3 is 2. The molecule has 0 spiro atoms. The normalized spacial score (nSPS) is 26.6. The van der Waals surface area contributed by atoms with Gasteiger partial charge in [-0.1, -0.05) is 5.11 Å². The molecule has 290 valence electrons. The number of cyclic esters (lactones) is 2. The van der Waals surface area contributed by atoms with Crippen LogP contribution >= 0.6 is 31.9 Å². The van der Waals surface area contributed by atoms with Gasteiger partial charge in [0.1, 0.15) is 53.5 Å². The van der Waals surface area contributed by atoms with Gasteiger partial charge in [-0.25, -0.2) is 8.78 Å². The summed E-state index contributed by atoms with van der Waals surface area (Å²) in [6.45, 7) is 3.35. The van der Waals surface area contributed by atoms with Crippen LogP contribution in [0.25, 0.3) is 26.4 Å². The maximum Gasteiger partial charge on any atom is 1.00 e. The molecule has 8 atom stereocenters. The monoisotopic (exact) mass is 903 g/mol. The third-order valence-electron chi connectivity index (χ3n) is 8.77. The van der Waals surface area contributed by atoms with Crippen LogP contribution in [0.5, 0.6) is 11.5 Å². The molecule has 54 heavy (non-hydrogen) atoms. The van der Waals surface area contributed by atoms with Crippen molar-refractivity contribution < 1.29 is 87.4 Å². The van der Waals surface area contributed by atoms with Crippen LogP contribution in [0, 0.1) is 23.5 Å². The number of halogens is 5. The number of aliphatic hydroxyl groups excluding tert-OH is 1. The standard InChI is InChI=1S/C15H16BrFN4O4.C15H17BrFNO5.CH3F.N3.Na/c1-7-12-11(5-19-20-18)25-21(13(12)15(22)24-7)6-8-10(17)4-3-9(16)14(8)23-2;1-7-12-11(6-19)23-18(13(12)15(20)22-7)5-8-10(17)4-3-9(16)14(8)21-2;1-2;1-3-2;/h3-4,7,11-13H,5-6H2,1-2H3;3-4,7,11-13,19H,5-6H2,1-2H3;1H3;;/q;;;-1;+1/t2*7-,11-,12?,13?;;;/m00.../s1/i;;1D;;. The molecule has 0 amide bonds. The second kappa shape index (κ2) is 22.0. The second-order valence-corrected chi connectivity index (χ2v) is 13.2. The van der Waals surface area contributed by atoms with E-state index >= 15 is 0 Å². The van der Waals surface area contributed by atoms with Gasteiger partial charge in [-0.3, -0.25) is 28.6 Å². The third-order valence-corrected chi connectivity index (χ3v) is 10.0. The maximum atomic E-state index is 14.3. The number of rotatable bonds is 9. The fourth-order valence-corrected chi connectivity index (χ4v) is 7.70. The summed E-state index contributed by atoms with van der Waals surface area (Å²) in [5.41, 5.74) is 22.6. The summed E-state index contributed by atoms with van der Waals surface area (Å²) in [5, 5.41) is 15.8. The van der Waals surface area contributed by atoms with Crippen LogP contribution in [0.1, 0.15) is 26.3 Å². The number of alkyl halides is 1.